The number of amides is 1. The molecule has 7 heteroatoms. The molecule has 0 bridgehead atoms. The van der Waals surface area contributed by atoms with Crippen molar-refractivity contribution in [3.63, 3.8) is 0 Å². The maximum atomic E-state index is 13.5. The minimum absolute atomic E-state index is 0.257. The summed E-state index contributed by atoms with van der Waals surface area (Å²) in [5.41, 5.74) is 0.876. The van der Waals surface area contributed by atoms with E-state index in [4.69, 9.17) is 0 Å². The first-order valence-electron chi connectivity index (χ1n) is 8.42. The highest BCUT2D eigenvalue weighted by Crippen LogP contribution is 2.16. The van der Waals surface area contributed by atoms with Crippen molar-refractivity contribution in [2.45, 2.75) is 45.3 Å². The van der Waals surface area contributed by atoms with Gasteiger partial charge < -0.3 is 9.88 Å². The standard InChI is InChI=1S/C18H25FN4OS/c1-12(2)11-23-16(21-22-18(23)25-4)6-5-9-20-17(24)14-8-7-13(3)15(19)10-14/h7-8,10,12H,5-6,9,11H2,1-4H3,(H,20,24). The van der Waals surface area contributed by atoms with Gasteiger partial charge in [-0.3, -0.25) is 4.79 Å². The quantitative estimate of drug-likeness (QED) is 0.576. The van der Waals surface area contributed by atoms with Crippen LogP contribution in [0.3, 0.4) is 0 Å². The summed E-state index contributed by atoms with van der Waals surface area (Å²) in [5, 5.41) is 12.2. The van der Waals surface area contributed by atoms with Crippen LogP contribution in [0.5, 0.6) is 0 Å². The van der Waals surface area contributed by atoms with Gasteiger partial charge in [0.25, 0.3) is 5.91 Å². The van der Waals surface area contributed by atoms with E-state index in [0.717, 1.165) is 30.4 Å². The first kappa shape index (κ1) is 19.4. The normalized spacial score (nSPS) is 11.1. The largest absolute Gasteiger partial charge is 0.352 e. The molecule has 25 heavy (non-hydrogen) atoms. The molecule has 1 aromatic heterocycles. The molecule has 0 saturated heterocycles. The molecule has 0 atom stereocenters. The van der Waals surface area contributed by atoms with Crippen molar-refractivity contribution in [2.24, 2.45) is 5.92 Å². The van der Waals surface area contributed by atoms with E-state index in [1.165, 1.54) is 6.07 Å². The Morgan fingerprint density at radius 2 is 2.12 bits per heavy atom. The second-order valence-electron chi connectivity index (χ2n) is 6.43. The Kier molecular flexibility index (Phi) is 6.99. The molecule has 0 radical (unpaired) electrons. The molecular weight excluding hydrogens is 339 g/mol. The lowest BCUT2D eigenvalue weighted by atomic mass is 10.1. The first-order valence-corrected chi connectivity index (χ1v) is 9.65. The highest BCUT2D eigenvalue weighted by atomic mass is 32.2. The van der Waals surface area contributed by atoms with Crippen LogP contribution in [0.15, 0.2) is 23.4 Å². The molecule has 5 nitrogen and oxygen atoms in total. The highest BCUT2D eigenvalue weighted by molar-refractivity contribution is 7.98. The van der Waals surface area contributed by atoms with Crippen molar-refractivity contribution < 1.29 is 9.18 Å². The number of thioether (sulfide) groups is 1. The summed E-state index contributed by atoms with van der Waals surface area (Å²) < 4.78 is 15.7. The number of halogens is 1. The van der Waals surface area contributed by atoms with Gasteiger partial charge in [0, 0.05) is 25.1 Å². The van der Waals surface area contributed by atoms with Crippen molar-refractivity contribution in [3.8, 4) is 0 Å². The summed E-state index contributed by atoms with van der Waals surface area (Å²) >= 11 is 1.59. The van der Waals surface area contributed by atoms with Crippen molar-refractivity contribution in [1.29, 1.82) is 0 Å². The summed E-state index contributed by atoms with van der Waals surface area (Å²) in [6, 6.07) is 4.52. The van der Waals surface area contributed by atoms with E-state index in [9.17, 15) is 9.18 Å². The van der Waals surface area contributed by atoms with Gasteiger partial charge in [-0.25, -0.2) is 4.39 Å². The Labute approximate surface area is 152 Å². The van der Waals surface area contributed by atoms with Gasteiger partial charge in [0.1, 0.15) is 11.6 Å². The van der Waals surface area contributed by atoms with Crippen LogP contribution in [-0.2, 0) is 13.0 Å². The van der Waals surface area contributed by atoms with Crippen LogP contribution < -0.4 is 5.32 Å². The predicted octanol–water partition coefficient (Wildman–Crippen LogP) is 3.47. The second-order valence-corrected chi connectivity index (χ2v) is 7.20. The molecule has 136 valence electrons. The van der Waals surface area contributed by atoms with Gasteiger partial charge in [-0.2, -0.15) is 0 Å². The number of carbonyl (C=O) groups excluding carboxylic acids is 1. The Balaban J connectivity index is 1.87. The molecule has 0 unspecified atom stereocenters. The number of benzene rings is 1. The molecule has 0 saturated carbocycles. The predicted molar refractivity (Wildman–Crippen MR) is 98.4 cm³/mol. The zero-order chi connectivity index (χ0) is 18.4. The van der Waals surface area contributed by atoms with Crippen LogP contribution in [0.4, 0.5) is 4.39 Å². The summed E-state index contributed by atoms with van der Waals surface area (Å²) in [5.74, 6) is 0.830. The molecule has 1 aromatic carbocycles. The number of hydrogen-bond acceptors (Lipinski definition) is 4. The zero-order valence-corrected chi connectivity index (χ0v) is 16.0. The SMILES string of the molecule is CSc1nnc(CCCNC(=O)c2ccc(C)c(F)c2)n1CC(C)C. The number of nitrogens with one attached hydrogen (secondary N) is 1. The molecule has 2 rings (SSSR count). The van der Waals surface area contributed by atoms with Crippen molar-refractivity contribution >= 4 is 17.7 Å². The molecule has 1 N–H and O–H groups in total. The lowest BCUT2D eigenvalue weighted by Crippen LogP contribution is -2.25. The van der Waals surface area contributed by atoms with E-state index in [1.54, 1.807) is 30.8 Å². The number of aromatic nitrogens is 3. The zero-order valence-electron chi connectivity index (χ0n) is 15.2. The number of rotatable bonds is 8. The third-order valence-electron chi connectivity index (χ3n) is 3.82. The average molecular weight is 364 g/mol. The lowest BCUT2D eigenvalue weighted by Gasteiger charge is -2.12. The minimum atomic E-state index is -0.362. The molecule has 0 spiro atoms. The molecule has 0 fully saturated rings. The summed E-state index contributed by atoms with van der Waals surface area (Å²) in [7, 11) is 0. The van der Waals surface area contributed by atoms with Gasteiger partial charge in [0.05, 0.1) is 0 Å². The van der Waals surface area contributed by atoms with Crippen molar-refractivity contribution in [1.82, 2.24) is 20.1 Å². The average Bonchev–Trinajstić information content (AvgIpc) is 2.95. The van der Waals surface area contributed by atoms with Crippen LogP contribution in [0.2, 0.25) is 0 Å². The fourth-order valence-corrected chi connectivity index (χ4v) is 3.01. The third-order valence-corrected chi connectivity index (χ3v) is 4.49. The fraction of sp³-hybridized carbons (Fsp3) is 0.500. The molecule has 1 heterocycles. The Bertz CT molecular complexity index is 730. The van der Waals surface area contributed by atoms with Crippen LogP contribution in [0, 0.1) is 18.7 Å². The third kappa shape index (κ3) is 5.29. The fourth-order valence-electron chi connectivity index (χ4n) is 2.49. The molecular formula is C18H25FN4OS. The van der Waals surface area contributed by atoms with Gasteiger partial charge in [-0.05, 0) is 43.2 Å². The van der Waals surface area contributed by atoms with E-state index >= 15 is 0 Å². The van der Waals surface area contributed by atoms with Gasteiger partial charge >= 0.3 is 0 Å². The van der Waals surface area contributed by atoms with E-state index in [0.29, 0.717) is 23.6 Å². The van der Waals surface area contributed by atoms with Crippen LogP contribution in [0.1, 0.15) is 42.0 Å². The monoisotopic (exact) mass is 364 g/mol. The molecule has 1 amide bonds. The lowest BCUT2D eigenvalue weighted by molar-refractivity contribution is 0.0952. The molecule has 0 aliphatic heterocycles. The Morgan fingerprint density at radius 1 is 1.36 bits per heavy atom. The van der Waals surface area contributed by atoms with E-state index in [1.807, 2.05) is 6.26 Å². The van der Waals surface area contributed by atoms with Gasteiger partial charge in [-0.1, -0.05) is 31.7 Å². The highest BCUT2D eigenvalue weighted by Gasteiger charge is 2.13. The maximum Gasteiger partial charge on any atom is 0.251 e. The maximum absolute atomic E-state index is 13.5. The molecule has 2 aromatic rings. The molecule has 0 aliphatic rings. The number of nitrogens with zero attached hydrogens (tertiary/aromatic N) is 3. The smallest absolute Gasteiger partial charge is 0.251 e. The second kappa shape index (κ2) is 8.99. The number of aryl methyl sites for hydroxylation is 2. The van der Waals surface area contributed by atoms with E-state index in [2.05, 4.69) is 33.9 Å². The minimum Gasteiger partial charge on any atom is -0.352 e. The van der Waals surface area contributed by atoms with Crippen LogP contribution in [0.25, 0.3) is 0 Å². The number of carbonyl (C=O) groups is 1. The summed E-state index contributed by atoms with van der Waals surface area (Å²) in [6.45, 7) is 7.39. The van der Waals surface area contributed by atoms with Crippen LogP contribution >= 0.6 is 11.8 Å². The molecule has 0 aliphatic carbocycles. The van der Waals surface area contributed by atoms with E-state index in [-0.39, 0.29) is 11.7 Å². The van der Waals surface area contributed by atoms with Gasteiger partial charge in [0.15, 0.2) is 5.16 Å². The Hall–Kier alpha value is -1.89. The van der Waals surface area contributed by atoms with E-state index < -0.39 is 0 Å². The summed E-state index contributed by atoms with van der Waals surface area (Å²) in [6.07, 6.45) is 3.49. The first-order chi connectivity index (χ1) is 11.9. The van der Waals surface area contributed by atoms with Gasteiger partial charge in [0.2, 0.25) is 0 Å². The van der Waals surface area contributed by atoms with Crippen molar-refractivity contribution in [3.05, 3.63) is 41.0 Å². The number of hydrogen-bond donors (Lipinski definition) is 1. The summed E-state index contributed by atoms with van der Waals surface area (Å²) in [4.78, 5) is 12.1. The topological polar surface area (TPSA) is 59.8 Å². The van der Waals surface area contributed by atoms with Gasteiger partial charge in [-0.15, -0.1) is 10.2 Å². The Morgan fingerprint density at radius 3 is 2.76 bits per heavy atom. The van der Waals surface area contributed by atoms with Crippen LogP contribution in [-0.4, -0.2) is 33.5 Å². The van der Waals surface area contributed by atoms with Crippen molar-refractivity contribution in [2.75, 3.05) is 12.8 Å².